The Hall–Kier alpha value is -2.92. The zero-order chi connectivity index (χ0) is 19.8. The lowest BCUT2D eigenvalue weighted by atomic mass is 10.1. The van der Waals surface area contributed by atoms with Crippen LogP contribution in [0, 0.1) is 0 Å². The SMILES string of the molecule is CC(=O)N/C(=C/c1ccccc1)C(=O)N(C)Cc1ccc(CN(C)C)cc1. The Kier molecular flexibility index (Phi) is 7.32. The summed E-state index contributed by atoms with van der Waals surface area (Å²) in [5.74, 6) is -0.501. The van der Waals surface area contributed by atoms with E-state index in [-0.39, 0.29) is 17.5 Å². The summed E-state index contributed by atoms with van der Waals surface area (Å²) in [5.41, 5.74) is 3.38. The molecule has 0 radical (unpaired) electrons. The highest BCUT2D eigenvalue weighted by Gasteiger charge is 2.16. The Bertz CT molecular complexity index is 796. The normalized spacial score (nSPS) is 11.4. The van der Waals surface area contributed by atoms with Gasteiger partial charge in [0.05, 0.1) is 0 Å². The third-order valence-corrected chi connectivity index (χ3v) is 3.94. The number of benzene rings is 2. The molecule has 0 unspecified atom stereocenters. The van der Waals surface area contributed by atoms with Gasteiger partial charge in [0.15, 0.2) is 0 Å². The van der Waals surface area contributed by atoms with Gasteiger partial charge in [0.2, 0.25) is 5.91 Å². The van der Waals surface area contributed by atoms with E-state index in [1.54, 1.807) is 18.0 Å². The highest BCUT2D eigenvalue weighted by molar-refractivity contribution is 6.00. The van der Waals surface area contributed by atoms with Gasteiger partial charge in [0, 0.05) is 27.1 Å². The summed E-state index contributed by atoms with van der Waals surface area (Å²) >= 11 is 0. The first-order valence-corrected chi connectivity index (χ1v) is 8.87. The maximum atomic E-state index is 12.8. The van der Waals surface area contributed by atoms with E-state index >= 15 is 0 Å². The van der Waals surface area contributed by atoms with Crippen LogP contribution >= 0.6 is 0 Å². The van der Waals surface area contributed by atoms with Crippen LogP contribution in [0.4, 0.5) is 0 Å². The van der Waals surface area contributed by atoms with Gasteiger partial charge >= 0.3 is 0 Å². The molecule has 27 heavy (non-hydrogen) atoms. The maximum absolute atomic E-state index is 12.8. The zero-order valence-corrected chi connectivity index (χ0v) is 16.4. The minimum absolute atomic E-state index is 0.230. The van der Waals surface area contributed by atoms with Gasteiger partial charge < -0.3 is 15.1 Å². The van der Waals surface area contributed by atoms with Crippen molar-refractivity contribution in [3.8, 4) is 0 Å². The fraction of sp³-hybridized carbons (Fsp3) is 0.273. The summed E-state index contributed by atoms with van der Waals surface area (Å²) in [6.07, 6.45) is 1.69. The average molecular weight is 365 g/mol. The molecule has 0 bridgehead atoms. The molecule has 2 aromatic rings. The summed E-state index contributed by atoms with van der Waals surface area (Å²) < 4.78 is 0. The molecule has 0 saturated heterocycles. The van der Waals surface area contributed by atoms with E-state index < -0.39 is 0 Å². The van der Waals surface area contributed by atoms with Crippen molar-refractivity contribution in [2.75, 3.05) is 21.1 Å². The van der Waals surface area contributed by atoms with Crippen LogP contribution in [0.15, 0.2) is 60.3 Å². The third-order valence-electron chi connectivity index (χ3n) is 3.94. The second-order valence-corrected chi connectivity index (χ2v) is 6.87. The first-order chi connectivity index (χ1) is 12.8. The molecule has 0 spiro atoms. The minimum Gasteiger partial charge on any atom is -0.336 e. The zero-order valence-electron chi connectivity index (χ0n) is 16.4. The Morgan fingerprint density at radius 1 is 0.889 bits per heavy atom. The number of likely N-dealkylation sites (N-methyl/N-ethyl adjacent to an activating group) is 1. The van der Waals surface area contributed by atoms with E-state index in [2.05, 4.69) is 22.3 Å². The lowest BCUT2D eigenvalue weighted by molar-refractivity contribution is -0.128. The van der Waals surface area contributed by atoms with Crippen molar-refractivity contribution in [2.45, 2.75) is 20.0 Å². The van der Waals surface area contributed by atoms with Gasteiger partial charge in [-0.3, -0.25) is 9.59 Å². The van der Waals surface area contributed by atoms with Gasteiger partial charge in [-0.05, 0) is 36.9 Å². The predicted molar refractivity (Wildman–Crippen MR) is 109 cm³/mol. The molecule has 5 heteroatoms. The topological polar surface area (TPSA) is 52.7 Å². The smallest absolute Gasteiger partial charge is 0.270 e. The number of hydrogen-bond donors (Lipinski definition) is 1. The van der Waals surface area contributed by atoms with E-state index in [0.29, 0.717) is 6.54 Å². The molecule has 142 valence electrons. The van der Waals surface area contributed by atoms with Crippen molar-refractivity contribution in [3.05, 3.63) is 77.0 Å². The van der Waals surface area contributed by atoms with Gasteiger partial charge in [-0.25, -0.2) is 0 Å². The molecule has 1 N–H and O–H groups in total. The van der Waals surface area contributed by atoms with Gasteiger partial charge in [-0.15, -0.1) is 0 Å². The van der Waals surface area contributed by atoms with Crippen molar-refractivity contribution < 1.29 is 9.59 Å². The van der Waals surface area contributed by atoms with Crippen LogP contribution in [0.5, 0.6) is 0 Å². The van der Waals surface area contributed by atoms with Crippen molar-refractivity contribution in [1.29, 1.82) is 0 Å². The fourth-order valence-corrected chi connectivity index (χ4v) is 2.72. The van der Waals surface area contributed by atoms with Crippen LogP contribution in [0.2, 0.25) is 0 Å². The molecule has 0 fully saturated rings. The Labute approximate surface area is 161 Å². The van der Waals surface area contributed by atoms with Gasteiger partial charge in [-0.1, -0.05) is 54.6 Å². The number of carbonyl (C=O) groups is 2. The van der Waals surface area contributed by atoms with Crippen molar-refractivity contribution in [1.82, 2.24) is 15.1 Å². The van der Waals surface area contributed by atoms with Crippen LogP contribution in [0.1, 0.15) is 23.6 Å². The standard InChI is InChI=1S/C22H27N3O2/c1-17(26)23-21(14-18-8-6-5-7-9-18)22(27)25(4)16-20-12-10-19(11-13-20)15-24(2)3/h5-14H,15-16H2,1-4H3,(H,23,26)/b21-14+. The van der Waals surface area contributed by atoms with Crippen molar-refractivity contribution in [2.24, 2.45) is 0 Å². The van der Waals surface area contributed by atoms with Crippen LogP contribution in [0.3, 0.4) is 0 Å². The van der Waals surface area contributed by atoms with Crippen LogP contribution in [-0.4, -0.2) is 42.8 Å². The summed E-state index contributed by atoms with van der Waals surface area (Å²) in [7, 11) is 5.79. The molecule has 2 amide bonds. The van der Waals surface area contributed by atoms with Crippen LogP contribution < -0.4 is 5.32 Å². The number of carbonyl (C=O) groups excluding carboxylic acids is 2. The van der Waals surface area contributed by atoms with E-state index in [0.717, 1.165) is 17.7 Å². The van der Waals surface area contributed by atoms with Gasteiger partial charge in [-0.2, -0.15) is 0 Å². The molecule has 0 aliphatic heterocycles. The number of nitrogens with one attached hydrogen (secondary N) is 1. The summed E-state index contributed by atoms with van der Waals surface area (Å²) in [6.45, 7) is 2.74. The van der Waals surface area contributed by atoms with Crippen LogP contribution in [0.25, 0.3) is 6.08 Å². The van der Waals surface area contributed by atoms with E-state index in [9.17, 15) is 9.59 Å². The summed E-state index contributed by atoms with van der Waals surface area (Å²) in [5, 5.41) is 2.65. The van der Waals surface area contributed by atoms with Crippen molar-refractivity contribution >= 4 is 17.9 Å². The number of rotatable bonds is 7. The molecule has 0 aliphatic carbocycles. The average Bonchev–Trinajstić information content (AvgIpc) is 2.62. The molecule has 0 heterocycles. The third kappa shape index (κ3) is 6.72. The summed E-state index contributed by atoms with van der Waals surface area (Å²) in [4.78, 5) is 28.1. The Morgan fingerprint density at radius 3 is 1.96 bits per heavy atom. The second kappa shape index (κ2) is 9.69. The molecule has 2 aromatic carbocycles. The van der Waals surface area contributed by atoms with Gasteiger partial charge in [0.25, 0.3) is 5.91 Å². The molecule has 5 nitrogen and oxygen atoms in total. The second-order valence-electron chi connectivity index (χ2n) is 6.87. The van der Waals surface area contributed by atoms with E-state index in [1.165, 1.54) is 12.5 Å². The van der Waals surface area contributed by atoms with Crippen molar-refractivity contribution in [3.63, 3.8) is 0 Å². The quantitative estimate of drug-likeness (QED) is 0.768. The highest BCUT2D eigenvalue weighted by atomic mass is 16.2. The molecular weight excluding hydrogens is 338 g/mol. The van der Waals surface area contributed by atoms with Crippen LogP contribution in [-0.2, 0) is 22.7 Å². The monoisotopic (exact) mass is 365 g/mol. The maximum Gasteiger partial charge on any atom is 0.270 e. The Morgan fingerprint density at radius 2 is 1.44 bits per heavy atom. The number of amides is 2. The molecular formula is C22H27N3O2. The van der Waals surface area contributed by atoms with E-state index in [4.69, 9.17) is 0 Å². The highest BCUT2D eigenvalue weighted by Crippen LogP contribution is 2.12. The number of hydrogen-bond acceptors (Lipinski definition) is 3. The Balaban J connectivity index is 2.12. The first kappa shape index (κ1) is 20.4. The molecule has 2 rings (SSSR count). The summed E-state index contributed by atoms with van der Waals surface area (Å²) in [6, 6.07) is 17.7. The molecule has 0 saturated carbocycles. The lowest BCUT2D eigenvalue weighted by Crippen LogP contribution is -2.35. The fourth-order valence-electron chi connectivity index (χ4n) is 2.72. The minimum atomic E-state index is -0.271. The molecule has 0 aromatic heterocycles. The lowest BCUT2D eigenvalue weighted by Gasteiger charge is -2.20. The van der Waals surface area contributed by atoms with Gasteiger partial charge in [0.1, 0.15) is 5.70 Å². The largest absolute Gasteiger partial charge is 0.336 e. The molecule has 0 atom stereocenters. The van der Waals surface area contributed by atoms with E-state index in [1.807, 2.05) is 56.6 Å². The number of nitrogens with zero attached hydrogens (tertiary/aromatic N) is 2. The first-order valence-electron chi connectivity index (χ1n) is 8.87. The molecule has 0 aliphatic rings. The predicted octanol–water partition coefficient (Wildman–Crippen LogP) is 2.88.